The highest BCUT2D eigenvalue weighted by Gasteiger charge is 2.36. The van der Waals surface area contributed by atoms with Crippen LogP contribution in [0.2, 0.25) is 0 Å². The highest BCUT2D eigenvalue weighted by molar-refractivity contribution is 5.99. The van der Waals surface area contributed by atoms with Gasteiger partial charge in [0.2, 0.25) is 17.7 Å². The summed E-state index contributed by atoms with van der Waals surface area (Å²) in [6, 6.07) is 13.0. The zero-order valence-corrected chi connectivity index (χ0v) is 20.9. The van der Waals surface area contributed by atoms with Crippen LogP contribution in [0.15, 0.2) is 67.5 Å². The Morgan fingerprint density at radius 2 is 2.16 bits per heavy atom. The number of nitrogens with zero attached hydrogens (tertiary/aromatic N) is 4. The molecule has 11 heteroatoms. The molecule has 1 amide bonds. The van der Waals surface area contributed by atoms with Crippen LogP contribution in [-0.2, 0) is 15.1 Å². The van der Waals surface area contributed by atoms with E-state index in [-0.39, 0.29) is 12.5 Å². The van der Waals surface area contributed by atoms with Crippen molar-refractivity contribution in [2.24, 2.45) is 5.73 Å². The van der Waals surface area contributed by atoms with Gasteiger partial charge in [-0.2, -0.15) is 0 Å². The number of morpholine rings is 1. The molecule has 194 valence electrons. The van der Waals surface area contributed by atoms with Crippen molar-refractivity contribution in [2.75, 3.05) is 44.0 Å². The fraction of sp³-hybridized carbons (Fsp3) is 0.222. The number of ether oxygens (including phenoxy) is 2. The van der Waals surface area contributed by atoms with E-state index in [0.717, 1.165) is 17.5 Å². The van der Waals surface area contributed by atoms with E-state index in [1.807, 2.05) is 30.3 Å². The van der Waals surface area contributed by atoms with Crippen LogP contribution in [-0.4, -0.2) is 59.2 Å². The molecule has 0 saturated carbocycles. The quantitative estimate of drug-likeness (QED) is 0.260. The van der Waals surface area contributed by atoms with Gasteiger partial charge in [-0.25, -0.2) is 15.0 Å². The molecule has 0 aliphatic carbocycles. The van der Waals surface area contributed by atoms with Gasteiger partial charge in [-0.3, -0.25) is 9.78 Å². The summed E-state index contributed by atoms with van der Waals surface area (Å²) in [6.07, 6.45) is 4.58. The molecule has 38 heavy (non-hydrogen) atoms. The van der Waals surface area contributed by atoms with Crippen molar-refractivity contribution >= 4 is 34.1 Å². The average molecular weight is 513 g/mol. The number of carbonyl (C=O) groups is 1. The summed E-state index contributed by atoms with van der Waals surface area (Å²) >= 11 is 0. The Morgan fingerprint density at radius 3 is 2.92 bits per heavy atom. The standard InChI is InChI=1S/C27H28N8O3/c1-3-23(36)32-18-9-10-30-21(13-18)19-6-4-5-17-14-31-26(35-24(17)19)33-20-7-8-22(34-25(20)37-2)27(15-28)16-29-11-12-38-27/h3-10,13-14,29H,1,11-12,15-16,28H2,2H3,(H,30,32,36)(H,31,33,35). The maximum atomic E-state index is 11.7. The SMILES string of the molecule is C=CC(=O)Nc1ccnc(-c2cccc3cnc(Nc4ccc(C5(CN)CNCCO5)nc4OC)nc23)c1. The second kappa shape index (κ2) is 10.9. The molecule has 1 aliphatic heterocycles. The number of anilines is 3. The van der Waals surface area contributed by atoms with Crippen molar-refractivity contribution in [3.63, 3.8) is 0 Å². The summed E-state index contributed by atoms with van der Waals surface area (Å²) in [7, 11) is 1.55. The Kier molecular flexibility index (Phi) is 7.22. The summed E-state index contributed by atoms with van der Waals surface area (Å²) in [5.74, 6) is 0.429. The van der Waals surface area contributed by atoms with E-state index in [1.165, 1.54) is 6.08 Å². The van der Waals surface area contributed by atoms with Crippen molar-refractivity contribution in [1.29, 1.82) is 0 Å². The van der Waals surface area contributed by atoms with E-state index >= 15 is 0 Å². The Balaban J connectivity index is 1.48. The maximum Gasteiger partial charge on any atom is 0.247 e. The summed E-state index contributed by atoms with van der Waals surface area (Å²) in [6.45, 7) is 5.66. The van der Waals surface area contributed by atoms with Crippen LogP contribution >= 0.6 is 0 Å². The van der Waals surface area contributed by atoms with Crippen molar-refractivity contribution in [3.8, 4) is 17.1 Å². The smallest absolute Gasteiger partial charge is 0.247 e. The van der Waals surface area contributed by atoms with E-state index in [4.69, 9.17) is 20.2 Å². The fourth-order valence-electron chi connectivity index (χ4n) is 4.30. The van der Waals surface area contributed by atoms with Gasteiger partial charge in [0.1, 0.15) is 11.3 Å². The second-order valence-corrected chi connectivity index (χ2v) is 8.66. The zero-order valence-electron chi connectivity index (χ0n) is 20.9. The Morgan fingerprint density at radius 1 is 1.26 bits per heavy atom. The lowest BCUT2D eigenvalue weighted by Crippen LogP contribution is -2.52. The van der Waals surface area contributed by atoms with E-state index in [1.54, 1.807) is 31.6 Å². The van der Waals surface area contributed by atoms with Crippen LogP contribution in [0, 0.1) is 0 Å². The number of amides is 1. The van der Waals surface area contributed by atoms with Gasteiger partial charge < -0.3 is 31.2 Å². The number of rotatable bonds is 8. The van der Waals surface area contributed by atoms with Crippen molar-refractivity contribution in [3.05, 3.63) is 73.2 Å². The van der Waals surface area contributed by atoms with Crippen molar-refractivity contribution in [2.45, 2.75) is 5.60 Å². The predicted octanol–water partition coefficient (Wildman–Crippen LogP) is 2.74. The number of pyridine rings is 2. The molecule has 3 aromatic heterocycles. The van der Waals surface area contributed by atoms with Crippen LogP contribution in [0.4, 0.5) is 17.3 Å². The number of nitrogens with one attached hydrogen (secondary N) is 3. The lowest BCUT2D eigenvalue weighted by molar-refractivity contribution is -0.111. The number of fused-ring (bicyclic) bond motifs is 1. The number of nitrogens with two attached hydrogens (primary N) is 1. The van der Waals surface area contributed by atoms with Gasteiger partial charge in [0, 0.05) is 48.7 Å². The van der Waals surface area contributed by atoms with Crippen molar-refractivity contribution < 1.29 is 14.3 Å². The van der Waals surface area contributed by atoms with E-state index in [0.29, 0.717) is 53.3 Å². The Labute approximate surface area is 219 Å². The third-order valence-corrected chi connectivity index (χ3v) is 6.26. The van der Waals surface area contributed by atoms with Gasteiger partial charge in [0.05, 0.1) is 30.6 Å². The first-order valence-corrected chi connectivity index (χ1v) is 12.1. The molecule has 5 rings (SSSR count). The van der Waals surface area contributed by atoms with E-state index in [2.05, 4.69) is 37.5 Å². The molecule has 4 heterocycles. The molecule has 11 nitrogen and oxygen atoms in total. The highest BCUT2D eigenvalue weighted by Crippen LogP contribution is 2.32. The minimum absolute atomic E-state index is 0.284. The molecule has 1 fully saturated rings. The molecular formula is C27H28N8O3. The monoisotopic (exact) mass is 512 g/mol. The molecule has 0 spiro atoms. The highest BCUT2D eigenvalue weighted by atomic mass is 16.5. The fourth-order valence-corrected chi connectivity index (χ4v) is 4.30. The number of carbonyl (C=O) groups excluding carboxylic acids is 1. The van der Waals surface area contributed by atoms with Crippen LogP contribution in [0.5, 0.6) is 5.88 Å². The summed E-state index contributed by atoms with van der Waals surface area (Å²) in [5, 5.41) is 10.1. The normalized spacial score (nSPS) is 17.1. The number of aromatic nitrogens is 4. The van der Waals surface area contributed by atoms with Crippen LogP contribution < -0.4 is 26.4 Å². The first kappa shape index (κ1) is 25.2. The Hall–Kier alpha value is -4.45. The molecule has 0 bridgehead atoms. The largest absolute Gasteiger partial charge is 0.480 e. The zero-order chi connectivity index (χ0) is 26.5. The Bertz CT molecular complexity index is 1490. The minimum Gasteiger partial charge on any atom is -0.480 e. The molecule has 1 unspecified atom stereocenters. The number of hydrogen-bond acceptors (Lipinski definition) is 10. The number of methoxy groups -OCH3 is 1. The van der Waals surface area contributed by atoms with Gasteiger partial charge in [-0.15, -0.1) is 0 Å². The summed E-state index contributed by atoms with van der Waals surface area (Å²) in [4.78, 5) is 30.2. The molecule has 5 N–H and O–H groups in total. The van der Waals surface area contributed by atoms with Crippen molar-refractivity contribution in [1.82, 2.24) is 25.3 Å². The van der Waals surface area contributed by atoms with Crippen LogP contribution in [0.25, 0.3) is 22.2 Å². The molecule has 4 aromatic rings. The molecule has 1 saturated heterocycles. The number of hydrogen-bond donors (Lipinski definition) is 4. The first-order valence-electron chi connectivity index (χ1n) is 12.1. The maximum absolute atomic E-state index is 11.7. The molecule has 1 aliphatic rings. The van der Waals surface area contributed by atoms with Gasteiger partial charge in [-0.05, 0) is 30.3 Å². The second-order valence-electron chi connectivity index (χ2n) is 8.66. The predicted molar refractivity (Wildman–Crippen MR) is 145 cm³/mol. The van der Waals surface area contributed by atoms with Gasteiger partial charge in [-0.1, -0.05) is 24.8 Å². The summed E-state index contributed by atoms with van der Waals surface area (Å²) in [5.41, 5.74) is 9.36. The molecule has 1 aromatic carbocycles. The lowest BCUT2D eigenvalue weighted by Gasteiger charge is -2.36. The number of para-hydroxylation sites is 1. The van der Waals surface area contributed by atoms with Gasteiger partial charge in [0.15, 0.2) is 0 Å². The first-order chi connectivity index (χ1) is 18.5. The summed E-state index contributed by atoms with van der Waals surface area (Å²) < 4.78 is 11.6. The van der Waals surface area contributed by atoms with Crippen LogP contribution in [0.3, 0.4) is 0 Å². The third-order valence-electron chi connectivity index (χ3n) is 6.26. The van der Waals surface area contributed by atoms with E-state index in [9.17, 15) is 4.79 Å². The molecule has 1 atom stereocenters. The average Bonchev–Trinajstić information content (AvgIpc) is 2.97. The van der Waals surface area contributed by atoms with E-state index < -0.39 is 5.60 Å². The van der Waals surface area contributed by atoms with Crippen LogP contribution in [0.1, 0.15) is 5.69 Å². The van der Waals surface area contributed by atoms with Gasteiger partial charge >= 0.3 is 0 Å². The molecule has 0 radical (unpaired) electrons. The topological polar surface area (TPSA) is 149 Å². The lowest BCUT2D eigenvalue weighted by atomic mass is 9.97. The minimum atomic E-state index is -0.717. The molecular weight excluding hydrogens is 484 g/mol. The third kappa shape index (κ3) is 5.02. The van der Waals surface area contributed by atoms with Gasteiger partial charge in [0.25, 0.3) is 0 Å². The number of benzene rings is 1.